The second kappa shape index (κ2) is 7.22. The van der Waals surface area contributed by atoms with Gasteiger partial charge in [-0.1, -0.05) is 23.7 Å². The number of guanidine groups is 1. The summed E-state index contributed by atoms with van der Waals surface area (Å²) in [4.78, 5) is 3.97. The average molecular weight is 334 g/mol. The molecule has 1 aromatic carbocycles. The summed E-state index contributed by atoms with van der Waals surface area (Å²) in [5.74, 6) is 0.756. The molecule has 0 bridgehead atoms. The van der Waals surface area contributed by atoms with Crippen LogP contribution in [0.15, 0.2) is 29.3 Å². The van der Waals surface area contributed by atoms with Gasteiger partial charge in [0.15, 0.2) is 5.96 Å². The van der Waals surface area contributed by atoms with Crippen LogP contribution in [0.3, 0.4) is 0 Å². The number of alkyl halides is 3. The van der Waals surface area contributed by atoms with Crippen LogP contribution in [0.5, 0.6) is 0 Å². The molecule has 1 aliphatic rings. The quantitative estimate of drug-likeness (QED) is 0.636. The Morgan fingerprint density at radius 3 is 2.82 bits per heavy atom. The molecule has 0 amide bonds. The molecule has 0 aliphatic heterocycles. The second-order valence-corrected chi connectivity index (χ2v) is 5.71. The lowest BCUT2D eigenvalue weighted by atomic mass is 10.1. The number of nitrogens with one attached hydrogen (secondary N) is 2. The summed E-state index contributed by atoms with van der Waals surface area (Å²) in [6.45, 7) is 2.21. The Labute approximate surface area is 133 Å². The van der Waals surface area contributed by atoms with Crippen molar-refractivity contribution >= 4 is 17.6 Å². The fraction of sp³-hybridized carbons (Fsp3) is 0.533. The van der Waals surface area contributed by atoms with E-state index in [2.05, 4.69) is 15.6 Å². The first-order chi connectivity index (χ1) is 10.4. The zero-order valence-electron chi connectivity index (χ0n) is 12.3. The van der Waals surface area contributed by atoms with Crippen LogP contribution in [-0.4, -0.2) is 31.3 Å². The van der Waals surface area contributed by atoms with E-state index < -0.39 is 12.6 Å². The summed E-state index contributed by atoms with van der Waals surface area (Å²) < 4.78 is 36.5. The highest BCUT2D eigenvalue weighted by Crippen LogP contribution is 2.41. The van der Waals surface area contributed by atoms with Crippen LogP contribution in [0, 0.1) is 0 Å². The summed E-state index contributed by atoms with van der Waals surface area (Å²) in [6, 6.07) is 7.82. The van der Waals surface area contributed by atoms with E-state index in [0.717, 1.165) is 12.0 Å². The molecule has 7 heteroatoms. The van der Waals surface area contributed by atoms with Gasteiger partial charge in [0, 0.05) is 23.5 Å². The summed E-state index contributed by atoms with van der Waals surface area (Å²) >= 11 is 5.97. The first-order valence-electron chi connectivity index (χ1n) is 7.26. The lowest BCUT2D eigenvalue weighted by Gasteiger charge is -2.12. The van der Waals surface area contributed by atoms with Crippen LogP contribution >= 0.6 is 11.6 Å². The molecule has 1 fully saturated rings. The van der Waals surface area contributed by atoms with Crippen LogP contribution in [0.4, 0.5) is 13.2 Å². The van der Waals surface area contributed by atoms with Crippen LogP contribution in [0.25, 0.3) is 0 Å². The highest BCUT2D eigenvalue weighted by Gasteiger charge is 2.39. The van der Waals surface area contributed by atoms with Gasteiger partial charge in [-0.25, -0.2) is 0 Å². The number of halogens is 4. The molecule has 1 aliphatic carbocycles. The molecule has 1 aromatic rings. The molecule has 0 radical (unpaired) electrons. The Morgan fingerprint density at radius 2 is 2.18 bits per heavy atom. The molecule has 122 valence electrons. The number of hydrogen-bond acceptors (Lipinski definition) is 1. The van der Waals surface area contributed by atoms with E-state index in [1.807, 2.05) is 31.2 Å². The second-order valence-electron chi connectivity index (χ2n) is 5.27. The van der Waals surface area contributed by atoms with Gasteiger partial charge in [0.25, 0.3) is 0 Å². The van der Waals surface area contributed by atoms with Gasteiger partial charge in [0.2, 0.25) is 0 Å². The first-order valence-corrected chi connectivity index (χ1v) is 7.64. The highest BCUT2D eigenvalue weighted by molar-refractivity contribution is 6.30. The fourth-order valence-electron chi connectivity index (χ4n) is 2.25. The zero-order chi connectivity index (χ0) is 16.2. The van der Waals surface area contributed by atoms with E-state index in [-0.39, 0.29) is 12.6 Å². The highest BCUT2D eigenvalue weighted by atomic mass is 35.5. The third-order valence-electron chi connectivity index (χ3n) is 3.40. The van der Waals surface area contributed by atoms with Crippen molar-refractivity contribution in [3.8, 4) is 0 Å². The monoisotopic (exact) mass is 333 g/mol. The molecule has 0 heterocycles. The van der Waals surface area contributed by atoms with Crippen LogP contribution in [0.2, 0.25) is 5.02 Å². The molecule has 3 nitrogen and oxygen atoms in total. The number of benzene rings is 1. The number of aliphatic imine (C=N–C) groups is 1. The smallest absolute Gasteiger partial charge is 0.357 e. The summed E-state index contributed by atoms with van der Waals surface area (Å²) in [5, 5.41) is 6.83. The van der Waals surface area contributed by atoms with Gasteiger partial charge in [-0.05, 0) is 31.0 Å². The molecule has 2 rings (SSSR count). The minimum Gasteiger partial charge on any atom is -0.357 e. The molecule has 0 aromatic heterocycles. The van der Waals surface area contributed by atoms with Gasteiger partial charge < -0.3 is 10.6 Å². The Balaban J connectivity index is 1.88. The minimum atomic E-state index is -4.18. The lowest BCUT2D eigenvalue weighted by Crippen LogP contribution is -2.39. The number of hydrogen-bond donors (Lipinski definition) is 2. The van der Waals surface area contributed by atoms with Crippen LogP contribution in [0.1, 0.15) is 31.2 Å². The van der Waals surface area contributed by atoms with Crippen molar-refractivity contribution in [3.63, 3.8) is 0 Å². The molecular weight excluding hydrogens is 315 g/mol. The molecule has 0 saturated heterocycles. The lowest BCUT2D eigenvalue weighted by molar-refractivity contribution is -0.132. The van der Waals surface area contributed by atoms with Crippen molar-refractivity contribution < 1.29 is 13.2 Å². The van der Waals surface area contributed by atoms with Gasteiger partial charge >= 0.3 is 6.18 Å². The van der Waals surface area contributed by atoms with Crippen LogP contribution < -0.4 is 10.6 Å². The standard InChI is InChI=1S/C15H19ClF3N3/c1-2-20-14(21-7-6-15(17,18)19)22-13-9-12(13)10-4-3-5-11(16)8-10/h3-5,8,12-13H,2,6-7,9H2,1H3,(H2,20,21,22). The van der Waals surface area contributed by atoms with E-state index >= 15 is 0 Å². The average Bonchev–Trinajstić information content (AvgIpc) is 3.17. The van der Waals surface area contributed by atoms with E-state index in [9.17, 15) is 13.2 Å². The van der Waals surface area contributed by atoms with E-state index in [4.69, 9.17) is 11.6 Å². The van der Waals surface area contributed by atoms with E-state index in [0.29, 0.717) is 23.4 Å². The zero-order valence-corrected chi connectivity index (χ0v) is 13.0. The normalized spacial score (nSPS) is 21.6. The Morgan fingerprint density at radius 1 is 1.41 bits per heavy atom. The molecule has 22 heavy (non-hydrogen) atoms. The van der Waals surface area contributed by atoms with Crippen molar-refractivity contribution in [2.45, 2.75) is 37.9 Å². The molecular formula is C15H19ClF3N3. The third-order valence-corrected chi connectivity index (χ3v) is 3.63. The molecule has 2 unspecified atom stereocenters. The third kappa shape index (κ3) is 5.40. The maximum Gasteiger partial charge on any atom is 0.390 e. The maximum atomic E-state index is 12.2. The minimum absolute atomic E-state index is 0.183. The van der Waals surface area contributed by atoms with Crippen LogP contribution in [-0.2, 0) is 0 Å². The Bertz CT molecular complexity index is 531. The number of rotatable bonds is 5. The van der Waals surface area contributed by atoms with Gasteiger partial charge in [0.05, 0.1) is 13.0 Å². The molecule has 2 atom stereocenters. The summed E-state index contributed by atoms with van der Waals surface area (Å²) in [5.41, 5.74) is 1.14. The topological polar surface area (TPSA) is 36.4 Å². The molecule has 2 N–H and O–H groups in total. The van der Waals surface area contributed by atoms with E-state index in [1.165, 1.54) is 0 Å². The SMILES string of the molecule is CCNC(=NCCC(F)(F)F)NC1CC1c1cccc(Cl)c1. The van der Waals surface area contributed by atoms with Gasteiger partial charge in [-0.2, -0.15) is 13.2 Å². The van der Waals surface area contributed by atoms with E-state index in [1.54, 1.807) is 0 Å². The van der Waals surface area contributed by atoms with Crippen molar-refractivity contribution in [3.05, 3.63) is 34.9 Å². The first kappa shape index (κ1) is 16.9. The van der Waals surface area contributed by atoms with Crippen molar-refractivity contribution in [2.75, 3.05) is 13.1 Å². The maximum absolute atomic E-state index is 12.2. The largest absolute Gasteiger partial charge is 0.390 e. The molecule has 1 saturated carbocycles. The van der Waals surface area contributed by atoms with Crippen molar-refractivity contribution in [1.82, 2.24) is 10.6 Å². The molecule has 0 spiro atoms. The Hall–Kier alpha value is -1.43. The predicted molar refractivity (Wildman–Crippen MR) is 82.4 cm³/mol. The van der Waals surface area contributed by atoms with Gasteiger partial charge in [-0.3, -0.25) is 4.99 Å². The fourth-order valence-corrected chi connectivity index (χ4v) is 2.45. The number of nitrogens with zero attached hydrogens (tertiary/aromatic N) is 1. The van der Waals surface area contributed by atoms with Gasteiger partial charge in [0.1, 0.15) is 0 Å². The summed E-state index contributed by atoms with van der Waals surface area (Å²) in [6.07, 6.45) is -4.17. The predicted octanol–water partition coefficient (Wildman–Crippen LogP) is 3.70. The van der Waals surface area contributed by atoms with Crippen molar-refractivity contribution in [2.24, 2.45) is 4.99 Å². The van der Waals surface area contributed by atoms with Gasteiger partial charge in [-0.15, -0.1) is 0 Å². The Kier molecular flexibility index (Phi) is 5.56. The summed E-state index contributed by atoms with van der Waals surface area (Å²) in [7, 11) is 0. The van der Waals surface area contributed by atoms with Crippen molar-refractivity contribution in [1.29, 1.82) is 0 Å².